The standard InChI is InChI=1S/C20H20F2N2O/c21-16-9-10-18(17(22)12-16)23-19(25)24-13-15-8-4-5-11-20(15,24)14-6-2-1-3-7-14/h1-3,6-7,9-10,12,15H,4-5,8,11,13H2,(H,23,25)/t15-,20+/m1/s1. The van der Waals surface area contributed by atoms with Gasteiger partial charge in [0.1, 0.15) is 11.6 Å². The maximum absolute atomic E-state index is 13.9. The average molecular weight is 342 g/mol. The lowest BCUT2D eigenvalue weighted by Crippen LogP contribution is -2.68. The summed E-state index contributed by atoms with van der Waals surface area (Å²) in [4.78, 5) is 14.6. The summed E-state index contributed by atoms with van der Waals surface area (Å²) in [6.45, 7) is 0.670. The van der Waals surface area contributed by atoms with Gasteiger partial charge in [-0.1, -0.05) is 43.2 Å². The zero-order valence-corrected chi connectivity index (χ0v) is 13.8. The van der Waals surface area contributed by atoms with E-state index in [-0.39, 0.29) is 17.3 Å². The summed E-state index contributed by atoms with van der Waals surface area (Å²) in [5.41, 5.74) is 0.842. The minimum Gasteiger partial charge on any atom is -0.314 e. The van der Waals surface area contributed by atoms with Crippen molar-refractivity contribution in [2.24, 2.45) is 5.92 Å². The van der Waals surface area contributed by atoms with Crippen molar-refractivity contribution in [1.82, 2.24) is 4.90 Å². The van der Waals surface area contributed by atoms with E-state index in [1.165, 1.54) is 12.5 Å². The summed E-state index contributed by atoms with van der Waals surface area (Å²) in [7, 11) is 0. The summed E-state index contributed by atoms with van der Waals surface area (Å²) < 4.78 is 26.9. The molecule has 0 radical (unpaired) electrons. The molecule has 1 saturated carbocycles. The number of amides is 2. The number of fused-ring (bicyclic) bond motifs is 1. The second kappa shape index (κ2) is 6.14. The molecule has 2 aromatic rings. The highest BCUT2D eigenvalue weighted by Crippen LogP contribution is 2.53. The summed E-state index contributed by atoms with van der Waals surface area (Å²) >= 11 is 0. The Morgan fingerprint density at radius 1 is 1.12 bits per heavy atom. The van der Waals surface area contributed by atoms with E-state index >= 15 is 0 Å². The topological polar surface area (TPSA) is 32.3 Å². The first-order valence-electron chi connectivity index (χ1n) is 8.70. The summed E-state index contributed by atoms with van der Waals surface area (Å²) in [6.07, 6.45) is 4.27. The van der Waals surface area contributed by atoms with Gasteiger partial charge >= 0.3 is 6.03 Å². The Labute approximate surface area is 145 Å². The van der Waals surface area contributed by atoms with Crippen molar-refractivity contribution >= 4 is 11.7 Å². The molecule has 0 unspecified atom stereocenters. The molecule has 3 nitrogen and oxygen atoms in total. The van der Waals surface area contributed by atoms with E-state index < -0.39 is 11.6 Å². The number of halogens is 2. The largest absolute Gasteiger partial charge is 0.322 e. The summed E-state index contributed by atoms with van der Waals surface area (Å²) in [5, 5.41) is 2.61. The van der Waals surface area contributed by atoms with Gasteiger partial charge in [-0.05, 0) is 30.5 Å². The van der Waals surface area contributed by atoms with Crippen molar-refractivity contribution in [3.63, 3.8) is 0 Å². The number of likely N-dealkylation sites (tertiary alicyclic amines) is 1. The number of hydrogen-bond donors (Lipinski definition) is 1. The maximum atomic E-state index is 13.9. The van der Waals surface area contributed by atoms with Crippen molar-refractivity contribution in [2.45, 2.75) is 31.2 Å². The second-order valence-electron chi connectivity index (χ2n) is 6.90. The molecule has 2 amide bonds. The molecule has 5 heteroatoms. The van der Waals surface area contributed by atoms with Crippen LogP contribution in [-0.4, -0.2) is 17.5 Å². The minimum atomic E-state index is -0.761. The van der Waals surface area contributed by atoms with Crippen LogP contribution in [0.2, 0.25) is 0 Å². The lowest BCUT2D eigenvalue weighted by Gasteiger charge is -2.61. The predicted octanol–water partition coefficient (Wildman–Crippen LogP) is 4.90. The molecule has 1 aliphatic heterocycles. The number of carbonyl (C=O) groups is 1. The van der Waals surface area contributed by atoms with Gasteiger partial charge in [0, 0.05) is 18.5 Å². The number of carbonyl (C=O) groups excluding carboxylic acids is 1. The smallest absolute Gasteiger partial charge is 0.314 e. The molecule has 2 fully saturated rings. The number of nitrogens with one attached hydrogen (secondary N) is 1. The molecule has 1 heterocycles. The van der Waals surface area contributed by atoms with Crippen molar-refractivity contribution < 1.29 is 13.6 Å². The fourth-order valence-electron chi connectivity index (χ4n) is 4.40. The lowest BCUT2D eigenvalue weighted by atomic mass is 9.62. The predicted molar refractivity (Wildman–Crippen MR) is 92.2 cm³/mol. The highest BCUT2D eigenvalue weighted by molar-refractivity contribution is 5.91. The fourth-order valence-corrected chi connectivity index (χ4v) is 4.40. The normalized spacial score (nSPS) is 25.0. The molecule has 1 N–H and O–H groups in total. The molecular formula is C20H20F2N2O. The second-order valence-corrected chi connectivity index (χ2v) is 6.90. The van der Waals surface area contributed by atoms with Crippen molar-refractivity contribution in [3.05, 3.63) is 65.7 Å². The van der Waals surface area contributed by atoms with E-state index in [2.05, 4.69) is 17.4 Å². The third-order valence-corrected chi connectivity index (χ3v) is 5.61. The average Bonchev–Trinajstić information content (AvgIpc) is 2.59. The van der Waals surface area contributed by atoms with Gasteiger partial charge in [-0.2, -0.15) is 0 Å². The van der Waals surface area contributed by atoms with E-state index in [4.69, 9.17) is 0 Å². The van der Waals surface area contributed by atoms with Gasteiger partial charge in [0.05, 0.1) is 11.2 Å². The van der Waals surface area contributed by atoms with Crippen LogP contribution in [0.5, 0.6) is 0 Å². The fraction of sp³-hybridized carbons (Fsp3) is 0.350. The highest BCUT2D eigenvalue weighted by Gasteiger charge is 2.57. The third kappa shape index (κ3) is 2.58. The number of nitrogens with zero attached hydrogens (tertiary/aromatic N) is 1. The van der Waals surface area contributed by atoms with Gasteiger partial charge in [-0.25, -0.2) is 13.6 Å². The Kier molecular flexibility index (Phi) is 3.94. The van der Waals surface area contributed by atoms with Gasteiger partial charge in [0.25, 0.3) is 0 Å². The number of benzene rings is 2. The molecule has 2 atom stereocenters. The lowest BCUT2D eigenvalue weighted by molar-refractivity contribution is -0.0756. The number of urea groups is 1. The van der Waals surface area contributed by atoms with Crippen LogP contribution in [0, 0.1) is 17.6 Å². The highest BCUT2D eigenvalue weighted by atomic mass is 19.1. The van der Waals surface area contributed by atoms with Crippen molar-refractivity contribution in [2.75, 3.05) is 11.9 Å². The molecule has 2 aliphatic rings. The third-order valence-electron chi connectivity index (χ3n) is 5.61. The van der Waals surface area contributed by atoms with Crippen LogP contribution >= 0.6 is 0 Å². The molecule has 0 spiro atoms. The Hall–Kier alpha value is -2.43. The molecule has 25 heavy (non-hydrogen) atoms. The molecule has 1 saturated heterocycles. The van der Waals surface area contributed by atoms with E-state index in [1.54, 1.807) is 0 Å². The van der Waals surface area contributed by atoms with Gasteiger partial charge in [0.15, 0.2) is 0 Å². The molecule has 4 rings (SSSR count). The van der Waals surface area contributed by atoms with Gasteiger partial charge in [-0.15, -0.1) is 0 Å². The van der Waals surface area contributed by atoms with Gasteiger partial charge in [-0.3, -0.25) is 0 Å². The van der Waals surface area contributed by atoms with Crippen LogP contribution in [0.25, 0.3) is 0 Å². The van der Waals surface area contributed by atoms with Gasteiger partial charge < -0.3 is 10.2 Å². The Morgan fingerprint density at radius 2 is 1.92 bits per heavy atom. The number of hydrogen-bond acceptors (Lipinski definition) is 1. The van der Waals surface area contributed by atoms with Crippen molar-refractivity contribution in [1.29, 1.82) is 0 Å². The molecule has 1 aliphatic carbocycles. The first-order valence-corrected chi connectivity index (χ1v) is 8.70. The van der Waals surface area contributed by atoms with E-state index in [0.717, 1.165) is 37.0 Å². The number of rotatable bonds is 2. The van der Waals surface area contributed by atoms with E-state index in [0.29, 0.717) is 12.5 Å². The van der Waals surface area contributed by atoms with Crippen LogP contribution in [-0.2, 0) is 5.54 Å². The Bertz CT molecular complexity index is 796. The molecule has 0 aromatic heterocycles. The van der Waals surface area contributed by atoms with E-state index in [1.807, 2.05) is 23.1 Å². The van der Waals surface area contributed by atoms with Gasteiger partial charge in [0.2, 0.25) is 0 Å². The van der Waals surface area contributed by atoms with Crippen LogP contribution in [0.4, 0.5) is 19.3 Å². The zero-order valence-electron chi connectivity index (χ0n) is 13.8. The molecule has 2 aromatic carbocycles. The first-order chi connectivity index (χ1) is 12.1. The molecule has 130 valence electrons. The van der Waals surface area contributed by atoms with E-state index in [9.17, 15) is 13.6 Å². The monoisotopic (exact) mass is 342 g/mol. The summed E-state index contributed by atoms with van der Waals surface area (Å²) in [5.74, 6) is -0.983. The zero-order chi connectivity index (χ0) is 17.4. The van der Waals surface area contributed by atoms with Crippen LogP contribution in [0.3, 0.4) is 0 Å². The molecule has 0 bridgehead atoms. The molecular weight excluding hydrogens is 322 g/mol. The number of anilines is 1. The quantitative estimate of drug-likeness (QED) is 0.827. The van der Waals surface area contributed by atoms with Crippen LogP contribution in [0.1, 0.15) is 31.2 Å². The maximum Gasteiger partial charge on any atom is 0.322 e. The van der Waals surface area contributed by atoms with Crippen LogP contribution in [0.15, 0.2) is 48.5 Å². The van der Waals surface area contributed by atoms with Crippen molar-refractivity contribution in [3.8, 4) is 0 Å². The SMILES string of the molecule is O=C(Nc1ccc(F)cc1F)N1C[C@H]2CCCC[C@]21c1ccccc1. The van der Waals surface area contributed by atoms with Crippen LogP contribution < -0.4 is 5.32 Å². The summed E-state index contributed by atoms with van der Waals surface area (Å²) in [6, 6.07) is 12.9. The Balaban J connectivity index is 1.62. The minimum absolute atomic E-state index is 0.00821. The Morgan fingerprint density at radius 3 is 2.64 bits per heavy atom. The first kappa shape index (κ1) is 16.1.